The highest BCUT2D eigenvalue weighted by Crippen LogP contribution is 2.24. The van der Waals surface area contributed by atoms with Crippen LogP contribution in [0.15, 0.2) is 36.4 Å². The van der Waals surface area contributed by atoms with Crippen molar-refractivity contribution in [1.29, 1.82) is 0 Å². The first-order valence-electron chi connectivity index (χ1n) is 6.22. The molecule has 4 N–H and O–H groups in total. The second kappa shape index (κ2) is 6.32. The molecule has 0 saturated carbocycles. The predicted molar refractivity (Wildman–Crippen MR) is 79.8 cm³/mol. The molecule has 2 amide bonds. The standard InChI is InChI=1S/C14H14ClN3O3/c15-10-3-1-9(2-4-10)12-7-5-11(6-8-13(19)20)18(12)17-14(16)21/h1-5,7H,6,8H2,(H,19,20)(H3,16,17,21). The van der Waals surface area contributed by atoms with Gasteiger partial charge in [0.15, 0.2) is 0 Å². The Kier molecular flexibility index (Phi) is 4.49. The zero-order valence-electron chi connectivity index (χ0n) is 11.0. The van der Waals surface area contributed by atoms with Gasteiger partial charge in [0.1, 0.15) is 0 Å². The number of aromatic nitrogens is 1. The van der Waals surface area contributed by atoms with E-state index in [4.69, 9.17) is 22.4 Å². The molecule has 2 rings (SSSR count). The van der Waals surface area contributed by atoms with Crippen LogP contribution < -0.4 is 11.2 Å². The Labute approximate surface area is 126 Å². The molecule has 0 radical (unpaired) electrons. The molecule has 1 aromatic heterocycles. The van der Waals surface area contributed by atoms with Gasteiger partial charge >= 0.3 is 12.0 Å². The van der Waals surface area contributed by atoms with Crippen molar-refractivity contribution in [2.24, 2.45) is 5.73 Å². The van der Waals surface area contributed by atoms with Gasteiger partial charge in [0.05, 0.1) is 12.1 Å². The molecule has 0 saturated heterocycles. The molecule has 1 aromatic carbocycles. The number of nitrogens with two attached hydrogens (primary N) is 1. The minimum Gasteiger partial charge on any atom is -0.481 e. The van der Waals surface area contributed by atoms with Crippen LogP contribution >= 0.6 is 11.6 Å². The van der Waals surface area contributed by atoms with E-state index in [-0.39, 0.29) is 12.8 Å². The van der Waals surface area contributed by atoms with Gasteiger partial charge in [0.2, 0.25) is 0 Å². The summed E-state index contributed by atoms with van der Waals surface area (Å²) in [6.45, 7) is 0. The van der Waals surface area contributed by atoms with E-state index in [0.29, 0.717) is 16.4 Å². The maximum absolute atomic E-state index is 11.1. The summed E-state index contributed by atoms with van der Waals surface area (Å²) in [5, 5.41) is 9.37. The van der Waals surface area contributed by atoms with Gasteiger partial charge in [-0.1, -0.05) is 23.7 Å². The van der Waals surface area contributed by atoms with E-state index in [1.165, 1.54) is 4.68 Å². The van der Waals surface area contributed by atoms with Crippen molar-refractivity contribution in [2.45, 2.75) is 12.8 Å². The number of carboxylic acids is 1. The summed E-state index contributed by atoms with van der Waals surface area (Å²) in [6, 6.07) is 9.89. The number of primary amides is 1. The molecular weight excluding hydrogens is 294 g/mol. The summed E-state index contributed by atoms with van der Waals surface area (Å²) < 4.78 is 1.49. The van der Waals surface area contributed by atoms with Crippen molar-refractivity contribution in [3.05, 3.63) is 47.1 Å². The van der Waals surface area contributed by atoms with Crippen LogP contribution in [0.3, 0.4) is 0 Å². The Hall–Kier alpha value is -2.47. The molecule has 0 spiro atoms. The van der Waals surface area contributed by atoms with Crippen molar-refractivity contribution in [3.8, 4) is 11.3 Å². The molecule has 1 heterocycles. The second-order valence-corrected chi connectivity index (χ2v) is 4.86. The Balaban J connectivity index is 2.38. The number of aliphatic carboxylic acids is 1. The van der Waals surface area contributed by atoms with Crippen LogP contribution in [0.25, 0.3) is 11.3 Å². The Morgan fingerprint density at radius 2 is 1.86 bits per heavy atom. The van der Waals surface area contributed by atoms with Gasteiger partial charge in [-0.05, 0) is 24.3 Å². The largest absolute Gasteiger partial charge is 0.481 e. The lowest BCUT2D eigenvalue weighted by Gasteiger charge is -2.13. The molecule has 0 fully saturated rings. The number of urea groups is 1. The molecule has 0 aliphatic heterocycles. The van der Waals surface area contributed by atoms with Gasteiger partial charge in [-0.15, -0.1) is 0 Å². The third-order valence-electron chi connectivity index (χ3n) is 2.92. The molecule has 0 aliphatic rings. The summed E-state index contributed by atoms with van der Waals surface area (Å²) >= 11 is 5.85. The number of hydrogen-bond acceptors (Lipinski definition) is 2. The average Bonchev–Trinajstić information content (AvgIpc) is 2.79. The molecular formula is C14H14ClN3O3. The molecule has 0 unspecified atom stereocenters. The number of amides is 2. The number of hydrogen-bond donors (Lipinski definition) is 3. The summed E-state index contributed by atoms with van der Waals surface area (Å²) in [5.41, 5.74) is 9.84. The molecule has 0 bridgehead atoms. The first-order chi connectivity index (χ1) is 9.97. The molecule has 7 heteroatoms. The van der Waals surface area contributed by atoms with Gasteiger partial charge < -0.3 is 10.8 Å². The van der Waals surface area contributed by atoms with Gasteiger partial charge in [0, 0.05) is 22.7 Å². The molecule has 2 aromatic rings. The number of carbonyl (C=O) groups is 2. The summed E-state index contributed by atoms with van der Waals surface area (Å²) in [5.74, 6) is -0.908. The Morgan fingerprint density at radius 3 is 2.43 bits per heavy atom. The van der Waals surface area contributed by atoms with Gasteiger partial charge in [-0.2, -0.15) is 0 Å². The van der Waals surface area contributed by atoms with Gasteiger partial charge in [-0.25, -0.2) is 10.2 Å². The van der Waals surface area contributed by atoms with Gasteiger partial charge in [0.25, 0.3) is 0 Å². The molecule has 0 aliphatic carbocycles. The zero-order valence-corrected chi connectivity index (χ0v) is 11.8. The van der Waals surface area contributed by atoms with Crippen LogP contribution in [0, 0.1) is 0 Å². The fourth-order valence-corrected chi connectivity index (χ4v) is 2.12. The van der Waals surface area contributed by atoms with Crippen LogP contribution in [0.4, 0.5) is 4.79 Å². The van der Waals surface area contributed by atoms with E-state index in [9.17, 15) is 9.59 Å². The highest BCUT2D eigenvalue weighted by atomic mass is 35.5. The van der Waals surface area contributed by atoms with Crippen LogP contribution in [-0.2, 0) is 11.2 Å². The minimum atomic E-state index is -0.908. The van der Waals surface area contributed by atoms with E-state index in [2.05, 4.69) is 5.43 Å². The fraction of sp³-hybridized carbons (Fsp3) is 0.143. The number of nitrogens with zero attached hydrogens (tertiary/aromatic N) is 1. The topological polar surface area (TPSA) is 97.4 Å². The minimum absolute atomic E-state index is 0.0372. The third-order valence-corrected chi connectivity index (χ3v) is 3.17. The van der Waals surface area contributed by atoms with Crippen LogP contribution in [0.2, 0.25) is 5.02 Å². The van der Waals surface area contributed by atoms with Crippen molar-refractivity contribution in [3.63, 3.8) is 0 Å². The van der Waals surface area contributed by atoms with E-state index in [1.54, 1.807) is 36.4 Å². The van der Waals surface area contributed by atoms with Crippen LogP contribution in [0.1, 0.15) is 12.1 Å². The lowest BCUT2D eigenvalue weighted by molar-refractivity contribution is -0.136. The van der Waals surface area contributed by atoms with Crippen molar-refractivity contribution in [1.82, 2.24) is 4.68 Å². The molecule has 21 heavy (non-hydrogen) atoms. The van der Waals surface area contributed by atoms with E-state index >= 15 is 0 Å². The first-order valence-corrected chi connectivity index (χ1v) is 6.60. The monoisotopic (exact) mass is 307 g/mol. The molecule has 0 atom stereocenters. The zero-order chi connectivity index (χ0) is 15.4. The molecule has 110 valence electrons. The SMILES string of the molecule is NC(=O)Nn1c(CCC(=O)O)ccc1-c1ccc(Cl)cc1. The number of carbonyl (C=O) groups excluding carboxylic acids is 1. The quantitative estimate of drug-likeness (QED) is 0.791. The Bertz CT molecular complexity index is 665. The highest BCUT2D eigenvalue weighted by Gasteiger charge is 2.12. The lowest BCUT2D eigenvalue weighted by atomic mass is 10.2. The number of carboxylic acid groups (broad SMARTS) is 1. The van der Waals surface area contributed by atoms with E-state index in [1.807, 2.05) is 0 Å². The number of rotatable bonds is 5. The van der Waals surface area contributed by atoms with Crippen molar-refractivity contribution in [2.75, 3.05) is 5.43 Å². The normalized spacial score (nSPS) is 10.3. The van der Waals surface area contributed by atoms with Crippen LogP contribution in [0.5, 0.6) is 0 Å². The van der Waals surface area contributed by atoms with Gasteiger partial charge in [-0.3, -0.25) is 9.47 Å². The number of aryl methyl sites for hydroxylation is 1. The predicted octanol–water partition coefficient (Wildman–Crippen LogP) is 2.45. The maximum Gasteiger partial charge on any atom is 0.331 e. The smallest absolute Gasteiger partial charge is 0.331 e. The lowest BCUT2D eigenvalue weighted by Crippen LogP contribution is -2.30. The number of benzene rings is 1. The fourth-order valence-electron chi connectivity index (χ4n) is 2.00. The maximum atomic E-state index is 11.1. The Morgan fingerprint density at radius 1 is 1.19 bits per heavy atom. The van der Waals surface area contributed by atoms with E-state index in [0.717, 1.165) is 5.56 Å². The first kappa shape index (κ1) is 14.9. The molecule has 6 nitrogen and oxygen atoms in total. The second-order valence-electron chi connectivity index (χ2n) is 4.42. The number of halogens is 1. The van der Waals surface area contributed by atoms with Crippen molar-refractivity contribution >= 4 is 23.6 Å². The summed E-state index contributed by atoms with van der Waals surface area (Å²) in [4.78, 5) is 21.8. The number of nitrogens with one attached hydrogen (secondary N) is 1. The van der Waals surface area contributed by atoms with E-state index < -0.39 is 12.0 Å². The summed E-state index contributed by atoms with van der Waals surface area (Å²) in [7, 11) is 0. The highest BCUT2D eigenvalue weighted by molar-refractivity contribution is 6.30. The average molecular weight is 308 g/mol. The third kappa shape index (κ3) is 3.76. The van der Waals surface area contributed by atoms with Crippen molar-refractivity contribution < 1.29 is 14.7 Å². The summed E-state index contributed by atoms with van der Waals surface area (Å²) in [6.07, 6.45) is 0.244. The van der Waals surface area contributed by atoms with Crippen LogP contribution in [-0.4, -0.2) is 21.8 Å².